The lowest BCUT2D eigenvalue weighted by Crippen LogP contribution is -2.31. The zero-order valence-electron chi connectivity index (χ0n) is 19.0. The summed E-state index contributed by atoms with van der Waals surface area (Å²) in [6, 6.07) is 16.6. The second-order valence-corrected chi connectivity index (χ2v) is 8.84. The normalized spacial score (nSPS) is 15.0. The standard InChI is InChI=1S/C26H23ClN4O3/c1-16-12-20(14-29(2)25(16)32)31-24(18-6-8-19(27)9-7-18)22-15-30(28-23(22)26(31)33)13-17-4-10-21(34-3)11-5-17/h4-12,14-15,24H,13H2,1-3H3. The van der Waals surface area contributed by atoms with Crippen LogP contribution in [0.1, 0.15) is 38.8 Å². The molecule has 1 amide bonds. The Hall–Kier alpha value is -3.84. The third-order valence-electron chi connectivity index (χ3n) is 6.08. The van der Waals surface area contributed by atoms with Gasteiger partial charge in [-0.25, -0.2) is 0 Å². The Morgan fingerprint density at radius 2 is 1.74 bits per heavy atom. The van der Waals surface area contributed by atoms with Crippen LogP contribution in [-0.4, -0.2) is 27.4 Å². The van der Waals surface area contributed by atoms with E-state index >= 15 is 0 Å². The van der Waals surface area contributed by atoms with Crippen molar-refractivity contribution in [1.82, 2.24) is 14.3 Å². The van der Waals surface area contributed by atoms with Gasteiger partial charge in [0.25, 0.3) is 11.5 Å². The van der Waals surface area contributed by atoms with Crippen LogP contribution in [0.3, 0.4) is 0 Å². The number of anilines is 1. The molecule has 0 fully saturated rings. The highest BCUT2D eigenvalue weighted by Gasteiger charge is 2.42. The van der Waals surface area contributed by atoms with Crippen LogP contribution in [0.25, 0.3) is 0 Å². The van der Waals surface area contributed by atoms with Crippen LogP contribution in [0.2, 0.25) is 5.02 Å². The molecule has 0 bridgehead atoms. The Labute approximate surface area is 201 Å². The number of ether oxygens (including phenoxy) is 1. The molecular formula is C26H23ClN4O3. The van der Waals surface area contributed by atoms with Crippen molar-refractivity contribution in [2.24, 2.45) is 7.05 Å². The number of halogens is 1. The van der Waals surface area contributed by atoms with E-state index in [0.717, 1.165) is 22.4 Å². The van der Waals surface area contributed by atoms with Crippen molar-refractivity contribution < 1.29 is 9.53 Å². The number of nitrogens with zero attached hydrogens (tertiary/aromatic N) is 4. The third kappa shape index (κ3) is 3.78. The van der Waals surface area contributed by atoms with Crippen molar-refractivity contribution in [3.8, 4) is 5.75 Å². The number of amides is 1. The van der Waals surface area contributed by atoms with E-state index in [1.807, 2.05) is 54.7 Å². The Morgan fingerprint density at radius 1 is 1.03 bits per heavy atom. The summed E-state index contributed by atoms with van der Waals surface area (Å²) in [5, 5.41) is 5.26. The molecule has 8 heteroatoms. The molecule has 0 N–H and O–H groups in total. The number of methoxy groups -OCH3 is 1. The molecule has 4 aromatic rings. The molecule has 5 rings (SSSR count). The van der Waals surface area contributed by atoms with E-state index in [0.29, 0.717) is 28.5 Å². The van der Waals surface area contributed by atoms with Gasteiger partial charge in [-0.1, -0.05) is 35.9 Å². The predicted octanol–water partition coefficient (Wildman–Crippen LogP) is 4.35. The van der Waals surface area contributed by atoms with Crippen LogP contribution < -0.4 is 15.2 Å². The summed E-state index contributed by atoms with van der Waals surface area (Å²) in [6.07, 6.45) is 3.61. The van der Waals surface area contributed by atoms with Crippen molar-refractivity contribution in [3.63, 3.8) is 0 Å². The first-order chi connectivity index (χ1) is 16.4. The summed E-state index contributed by atoms with van der Waals surface area (Å²) in [6.45, 7) is 2.27. The number of hydrogen-bond donors (Lipinski definition) is 0. The highest BCUT2D eigenvalue weighted by molar-refractivity contribution is 6.30. The van der Waals surface area contributed by atoms with E-state index in [2.05, 4.69) is 5.10 Å². The molecule has 1 unspecified atom stereocenters. The molecule has 172 valence electrons. The second kappa shape index (κ2) is 8.50. The molecule has 0 aliphatic carbocycles. The van der Waals surface area contributed by atoms with E-state index in [1.54, 1.807) is 42.9 Å². The molecule has 0 radical (unpaired) electrons. The number of rotatable bonds is 5. The molecular weight excluding hydrogens is 452 g/mol. The molecule has 2 aromatic heterocycles. The van der Waals surface area contributed by atoms with Gasteiger partial charge in [0, 0.05) is 35.6 Å². The predicted molar refractivity (Wildman–Crippen MR) is 131 cm³/mol. The van der Waals surface area contributed by atoms with E-state index in [1.165, 1.54) is 4.57 Å². The van der Waals surface area contributed by atoms with Crippen molar-refractivity contribution in [1.29, 1.82) is 0 Å². The van der Waals surface area contributed by atoms with Gasteiger partial charge in [-0.2, -0.15) is 5.10 Å². The average Bonchev–Trinajstić information content (AvgIpc) is 3.35. The number of carbonyl (C=O) groups is 1. The van der Waals surface area contributed by atoms with E-state index < -0.39 is 0 Å². The SMILES string of the molecule is COc1ccc(Cn2cc3c(n2)C(=O)N(c2cc(C)c(=O)n(C)c2)C3c2ccc(Cl)cc2)cc1. The zero-order chi connectivity index (χ0) is 24.0. The van der Waals surface area contributed by atoms with E-state index in [9.17, 15) is 9.59 Å². The number of aryl methyl sites for hydroxylation is 2. The highest BCUT2D eigenvalue weighted by Crippen LogP contribution is 2.41. The molecule has 0 saturated carbocycles. The van der Waals surface area contributed by atoms with Gasteiger partial charge in [-0.05, 0) is 48.4 Å². The second-order valence-electron chi connectivity index (χ2n) is 8.41. The summed E-state index contributed by atoms with van der Waals surface area (Å²) in [5.41, 5.74) is 4.28. The largest absolute Gasteiger partial charge is 0.497 e. The van der Waals surface area contributed by atoms with E-state index in [4.69, 9.17) is 16.3 Å². The fourth-order valence-electron chi connectivity index (χ4n) is 4.40. The van der Waals surface area contributed by atoms with Gasteiger partial charge >= 0.3 is 0 Å². The Bertz CT molecular complexity index is 1410. The lowest BCUT2D eigenvalue weighted by molar-refractivity contribution is 0.0987. The Kier molecular flexibility index (Phi) is 5.49. The van der Waals surface area contributed by atoms with Crippen molar-refractivity contribution in [3.05, 3.63) is 110 Å². The zero-order valence-corrected chi connectivity index (χ0v) is 19.8. The molecule has 1 aliphatic heterocycles. The van der Waals surface area contributed by atoms with Crippen LogP contribution in [-0.2, 0) is 13.6 Å². The molecule has 0 saturated heterocycles. The fourth-order valence-corrected chi connectivity index (χ4v) is 4.53. The first kappa shape index (κ1) is 22.0. The quantitative estimate of drug-likeness (QED) is 0.431. The summed E-state index contributed by atoms with van der Waals surface area (Å²) in [7, 11) is 3.32. The summed E-state index contributed by atoms with van der Waals surface area (Å²) < 4.78 is 8.51. The molecule has 1 atom stereocenters. The van der Waals surface area contributed by atoms with Gasteiger partial charge in [0.15, 0.2) is 5.69 Å². The lowest BCUT2D eigenvalue weighted by atomic mass is 10.0. The van der Waals surface area contributed by atoms with Gasteiger partial charge in [0.2, 0.25) is 0 Å². The smallest absolute Gasteiger partial charge is 0.280 e. The maximum absolute atomic E-state index is 13.6. The van der Waals surface area contributed by atoms with Crippen molar-refractivity contribution >= 4 is 23.2 Å². The van der Waals surface area contributed by atoms with Gasteiger partial charge < -0.3 is 9.30 Å². The van der Waals surface area contributed by atoms with Gasteiger partial charge in [-0.3, -0.25) is 19.2 Å². The molecule has 3 heterocycles. The number of fused-ring (bicyclic) bond motifs is 1. The van der Waals surface area contributed by atoms with Crippen LogP contribution in [0.4, 0.5) is 5.69 Å². The number of aromatic nitrogens is 3. The number of pyridine rings is 1. The van der Waals surface area contributed by atoms with Crippen LogP contribution in [0, 0.1) is 6.92 Å². The molecule has 2 aromatic carbocycles. The molecule has 34 heavy (non-hydrogen) atoms. The fraction of sp³-hybridized carbons (Fsp3) is 0.192. The first-order valence-corrected chi connectivity index (χ1v) is 11.2. The summed E-state index contributed by atoms with van der Waals surface area (Å²) in [4.78, 5) is 27.6. The van der Waals surface area contributed by atoms with E-state index in [-0.39, 0.29) is 17.5 Å². The molecule has 7 nitrogen and oxygen atoms in total. The van der Waals surface area contributed by atoms with Crippen molar-refractivity contribution in [2.45, 2.75) is 19.5 Å². The monoisotopic (exact) mass is 474 g/mol. The maximum atomic E-state index is 13.6. The Morgan fingerprint density at radius 3 is 2.38 bits per heavy atom. The van der Waals surface area contributed by atoms with Gasteiger partial charge in [0.05, 0.1) is 25.4 Å². The lowest BCUT2D eigenvalue weighted by Gasteiger charge is -2.26. The number of carbonyl (C=O) groups excluding carboxylic acids is 1. The number of hydrogen-bond acceptors (Lipinski definition) is 4. The topological polar surface area (TPSA) is 69.4 Å². The first-order valence-electron chi connectivity index (χ1n) is 10.8. The minimum atomic E-state index is -0.388. The summed E-state index contributed by atoms with van der Waals surface area (Å²) in [5.74, 6) is 0.578. The van der Waals surface area contributed by atoms with Gasteiger partial charge in [-0.15, -0.1) is 0 Å². The van der Waals surface area contributed by atoms with Crippen LogP contribution in [0.15, 0.2) is 71.8 Å². The minimum absolute atomic E-state index is 0.0964. The minimum Gasteiger partial charge on any atom is -0.497 e. The Balaban J connectivity index is 1.58. The van der Waals surface area contributed by atoms with Gasteiger partial charge in [0.1, 0.15) is 5.75 Å². The van der Waals surface area contributed by atoms with Crippen molar-refractivity contribution in [2.75, 3.05) is 12.0 Å². The molecule has 1 aliphatic rings. The summed E-state index contributed by atoms with van der Waals surface area (Å²) >= 11 is 6.13. The number of benzene rings is 2. The van der Waals surface area contributed by atoms with Crippen LogP contribution >= 0.6 is 11.6 Å². The highest BCUT2D eigenvalue weighted by atomic mass is 35.5. The van der Waals surface area contributed by atoms with Crippen LogP contribution in [0.5, 0.6) is 5.75 Å². The molecule has 0 spiro atoms. The third-order valence-corrected chi connectivity index (χ3v) is 6.33. The maximum Gasteiger partial charge on any atom is 0.280 e. The average molecular weight is 475 g/mol.